The summed E-state index contributed by atoms with van der Waals surface area (Å²) < 4.78 is 41.5. The number of hydrogen-bond acceptors (Lipinski definition) is 3. The molecule has 0 unspecified atom stereocenters. The number of sulfonamides is 1. The first-order chi connectivity index (χ1) is 12.9. The molecule has 1 saturated carbocycles. The standard InChI is InChI=1S/C20H23FN2O3S/c1-14-11-12-16(22-20(24)15-7-3-2-4-8-15)13-19(14)27(25,26)23-18-10-6-5-9-17(18)21/h5-6,9-13,15,23H,2-4,7-8H2,1H3,(H,22,24). The van der Waals surface area contributed by atoms with Gasteiger partial charge in [-0.3, -0.25) is 9.52 Å². The molecule has 1 aliphatic carbocycles. The second-order valence-electron chi connectivity index (χ2n) is 6.89. The van der Waals surface area contributed by atoms with Crippen LogP contribution >= 0.6 is 0 Å². The molecule has 5 nitrogen and oxygen atoms in total. The molecule has 1 amide bonds. The van der Waals surface area contributed by atoms with Gasteiger partial charge in [0.15, 0.2) is 0 Å². The van der Waals surface area contributed by atoms with Crippen LogP contribution in [0.4, 0.5) is 15.8 Å². The van der Waals surface area contributed by atoms with E-state index in [4.69, 9.17) is 0 Å². The Morgan fingerprint density at radius 3 is 2.48 bits per heavy atom. The summed E-state index contributed by atoms with van der Waals surface area (Å²) in [4.78, 5) is 12.4. The third-order valence-electron chi connectivity index (χ3n) is 4.84. The molecule has 3 rings (SSSR count). The molecule has 2 aromatic rings. The predicted molar refractivity (Wildman–Crippen MR) is 104 cm³/mol. The van der Waals surface area contributed by atoms with E-state index >= 15 is 0 Å². The molecule has 0 atom stereocenters. The fourth-order valence-electron chi connectivity index (χ4n) is 3.32. The zero-order valence-electron chi connectivity index (χ0n) is 15.2. The van der Waals surface area contributed by atoms with Crippen LogP contribution in [0.15, 0.2) is 47.4 Å². The zero-order chi connectivity index (χ0) is 19.4. The summed E-state index contributed by atoms with van der Waals surface area (Å²) in [6, 6.07) is 10.3. The summed E-state index contributed by atoms with van der Waals surface area (Å²) in [6.45, 7) is 1.66. The number of benzene rings is 2. The molecule has 0 radical (unpaired) electrons. The molecule has 0 aliphatic heterocycles. The van der Waals surface area contributed by atoms with Gasteiger partial charge in [0, 0.05) is 11.6 Å². The van der Waals surface area contributed by atoms with Crippen molar-refractivity contribution in [3.8, 4) is 0 Å². The highest BCUT2D eigenvalue weighted by atomic mass is 32.2. The number of nitrogens with one attached hydrogen (secondary N) is 2. The molecular formula is C20H23FN2O3S. The fraction of sp³-hybridized carbons (Fsp3) is 0.350. The SMILES string of the molecule is Cc1ccc(NC(=O)C2CCCCC2)cc1S(=O)(=O)Nc1ccccc1F. The van der Waals surface area contributed by atoms with Gasteiger partial charge in [-0.25, -0.2) is 12.8 Å². The highest BCUT2D eigenvalue weighted by molar-refractivity contribution is 7.92. The Morgan fingerprint density at radius 2 is 1.78 bits per heavy atom. The normalized spacial score (nSPS) is 15.3. The van der Waals surface area contributed by atoms with Crippen molar-refractivity contribution in [1.29, 1.82) is 0 Å². The average Bonchev–Trinajstić information content (AvgIpc) is 2.65. The smallest absolute Gasteiger partial charge is 0.262 e. The lowest BCUT2D eigenvalue weighted by Gasteiger charge is -2.21. The first kappa shape index (κ1) is 19.4. The van der Waals surface area contributed by atoms with Gasteiger partial charge in [0.25, 0.3) is 10.0 Å². The maximum atomic E-state index is 13.8. The van der Waals surface area contributed by atoms with E-state index < -0.39 is 15.8 Å². The highest BCUT2D eigenvalue weighted by Crippen LogP contribution is 2.27. The maximum absolute atomic E-state index is 13.8. The van der Waals surface area contributed by atoms with E-state index in [0.717, 1.165) is 32.1 Å². The summed E-state index contributed by atoms with van der Waals surface area (Å²) in [5, 5.41) is 2.82. The van der Waals surface area contributed by atoms with Crippen molar-refractivity contribution in [2.75, 3.05) is 10.0 Å². The molecule has 0 bridgehead atoms. The van der Waals surface area contributed by atoms with Gasteiger partial charge >= 0.3 is 0 Å². The second kappa shape index (κ2) is 8.08. The monoisotopic (exact) mass is 390 g/mol. The summed E-state index contributed by atoms with van der Waals surface area (Å²) in [7, 11) is -3.99. The highest BCUT2D eigenvalue weighted by Gasteiger charge is 2.23. The van der Waals surface area contributed by atoms with Crippen LogP contribution < -0.4 is 10.0 Å². The Labute approximate surface area is 159 Å². The quantitative estimate of drug-likeness (QED) is 0.792. The molecule has 7 heteroatoms. The van der Waals surface area contributed by atoms with Gasteiger partial charge in [-0.05, 0) is 49.6 Å². The van der Waals surface area contributed by atoms with Gasteiger partial charge in [-0.2, -0.15) is 0 Å². The van der Waals surface area contributed by atoms with Gasteiger partial charge in [0.1, 0.15) is 5.82 Å². The van der Waals surface area contributed by atoms with Crippen molar-refractivity contribution in [3.63, 3.8) is 0 Å². The Balaban J connectivity index is 1.82. The number of para-hydroxylation sites is 1. The number of aryl methyl sites for hydroxylation is 1. The van der Waals surface area contributed by atoms with E-state index in [1.54, 1.807) is 25.1 Å². The lowest BCUT2D eigenvalue weighted by atomic mass is 9.88. The summed E-state index contributed by atoms with van der Waals surface area (Å²) >= 11 is 0. The predicted octanol–water partition coefficient (Wildman–Crippen LogP) is 4.45. The van der Waals surface area contributed by atoms with Gasteiger partial charge in [-0.1, -0.05) is 37.5 Å². The maximum Gasteiger partial charge on any atom is 0.262 e. The van der Waals surface area contributed by atoms with Gasteiger partial charge < -0.3 is 5.32 Å². The zero-order valence-corrected chi connectivity index (χ0v) is 16.0. The van der Waals surface area contributed by atoms with Gasteiger partial charge in [0.05, 0.1) is 10.6 Å². The fourth-order valence-corrected chi connectivity index (χ4v) is 4.66. The van der Waals surface area contributed by atoms with E-state index in [0.29, 0.717) is 11.3 Å². The molecule has 1 fully saturated rings. The first-order valence-corrected chi connectivity index (χ1v) is 10.5. The van der Waals surface area contributed by atoms with E-state index in [9.17, 15) is 17.6 Å². The Kier molecular flexibility index (Phi) is 5.79. The molecule has 0 heterocycles. The average molecular weight is 390 g/mol. The molecule has 2 N–H and O–H groups in total. The number of carbonyl (C=O) groups excluding carboxylic acids is 1. The number of hydrogen-bond donors (Lipinski definition) is 2. The Hall–Kier alpha value is -2.41. The molecule has 0 spiro atoms. The third-order valence-corrected chi connectivity index (χ3v) is 6.35. The van der Waals surface area contributed by atoms with Gasteiger partial charge in [-0.15, -0.1) is 0 Å². The van der Waals surface area contributed by atoms with Crippen LogP contribution in [0.2, 0.25) is 0 Å². The molecular weight excluding hydrogens is 367 g/mol. The van der Waals surface area contributed by atoms with Crippen LogP contribution in [0.5, 0.6) is 0 Å². The van der Waals surface area contributed by atoms with Crippen LogP contribution in [-0.4, -0.2) is 14.3 Å². The first-order valence-electron chi connectivity index (χ1n) is 9.06. The van der Waals surface area contributed by atoms with E-state index in [1.165, 1.54) is 24.3 Å². The summed E-state index contributed by atoms with van der Waals surface area (Å²) in [5.74, 6) is -0.763. The van der Waals surface area contributed by atoms with Crippen molar-refractivity contribution in [1.82, 2.24) is 0 Å². The third kappa shape index (κ3) is 4.66. The van der Waals surface area contributed by atoms with Crippen LogP contribution in [0.1, 0.15) is 37.7 Å². The van der Waals surface area contributed by atoms with Crippen molar-refractivity contribution in [2.45, 2.75) is 43.9 Å². The lowest BCUT2D eigenvalue weighted by Crippen LogP contribution is -2.25. The van der Waals surface area contributed by atoms with Crippen molar-refractivity contribution in [3.05, 3.63) is 53.8 Å². The summed E-state index contributed by atoms with van der Waals surface area (Å²) in [6.07, 6.45) is 4.95. The molecule has 1 aliphatic rings. The van der Waals surface area contributed by atoms with E-state index in [1.807, 2.05) is 0 Å². The number of halogens is 1. The van der Waals surface area contributed by atoms with Crippen LogP contribution in [0, 0.1) is 18.7 Å². The molecule has 0 saturated heterocycles. The van der Waals surface area contributed by atoms with Crippen LogP contribution in [-0.2, 0) is 14.8 Å². The van der Waals surface area contributed by atoms with E-state index in [-0.39, 0.29) is 22.4 Å². The van der Waals surface area contributed by atoms with Crippen molar-refractivity contribution < 1.29 is 17.6 Å². The topological polar surface area (TPSA) is 75.3 Å². The van der Waals surface area contributed by atoms with Crippen molar-refractivity contribution in [2.24, 2.45) is 5.92 Å². The molecule has 0 aromatic heterocycles. The minimum Gasteiger partial charge on any atom is -0.326 e. The Morgan fingerprint density at radius 1 is 1.07 bits per heavy atom. The molecule has 27 heavy (non-hydrogen) atoms. The number of anilines is 2. The van der Waals surface area contributed by atoms with Crippen LogP contribution in [0.25, 0.3) is 0 Å². The Bertz CT molecular complexity index is 938. The number of carbonyl (C=O) groups is 1. The minimum absolute atomic E-state index is 0.00666. The largest absolute Gasteiger partial charge is 0.326 e. The van der Waals surface area contributed by atoms with Gasteiger partial charge in [0.2, 0.25) is 5.91 Å². The van der Waals surface area contributed by atoms with Crippen LogP contribution in [0.3, 0.4) is 0 Å². The summed E-state index contributed by atoms with van der Waals surface area (Å²) in [5.41, 5.74) is 0.813. The molecule has 144 valence electrons. The molecule has 2 aromatic carbocycles. The lowest BCUT2D eigenvalue weighted by molar-refractivity contribution is -0.120. The van der Waals surface area contributed by atoms with Crippen molar-refractivity contribution >= 4 is 27.3 Å². The van der Waals surface area contributed by atoms with E-state index in [2.05, 4.69) is 10.0 Å². The second-order valence-corrected chi connectivity index (χ2v) is 8.54. The minimum atomic E-state index is -3.99. The number of amides is 1. The number of rotatable bonds is 5.